The van der Waals surface area contributed by atoms with E-state index in [1.807, 2.05) is 59.1 Å². The van der Waals surface area contributed by atoms with Gasteiger partial charge >= 0.3 is 0 Å². The number of benzene rings is 1. The summed E-state index contributed by atoms with van der Waals surface area (Å²) < 4.78 is 1.95. The van der Waals surface area contributed by atoms with Crippen LogP contribution in [0.25, 0.3) is 5.65 Å². The quantitative estimate of drug-likeness (QED) is 0.674. The monoisotopic (exact) mass is 354 g/mol. The summed E-state index contributed by atoms with van der Waals surface area (Å²) in [6.45, 7) is 0. The largest absolute Gasteiger partial charge is 0.346 e. The predicted octanol–water partition coefficient (Wildman–Crippen LogP) is 3.27. The summed E-state index contributed by atoms with van der Waals surface area (Å²) in [5, 5.41) is 11.7. The lowest BCUT2D eigenvalue weighted by atomic mass is 10.1. The lowest BCUT2D eigenvalue weighted by molar-refractivity contribution is -0.121. The molecule has 0 fully saturated rings. The van der Waals surface area contributed by atoms with Crippen molar-refractivity contribution in [1.29, 1.82) is 0 Å². The molecule has 2 aromatic heterocycles. The van der Waals surface area contributed by atoms with Crippen molar-refractivity contribution in [1.82, 2.24) is 19.9 Å². The maximum Gasteiger partial charge on any atom is 0.220 e. The van der Waals surface area contributed by atoms with Crippen LogP contribution >= 0.6 is 11.8 Å². The third-order valence-corrected chi connectivity index (χ3v) is 4.73. The van der Waals surface area contributed by atoms with Crippen LogP contribution in [0.4, 0.5) is 0 Å². The van der Waals surface area contributed by atoms with Gasteiger partial charge in [-0.25, -0.2) is 0 Å². The van der Waals surface area contributed by atoms with E-state index in [1.54, 1.807) is 11.8 Å². The van der Waals surface area contributed by atoms with Crippen LogP contribution < -0.4 is 5.32 Å². The van der Waals surface area contributed by atoms with Crippen molar-refractivity contribution >= 4 is 23.3 Å². The number of nitrogens with zero attached hydrogens (tertiary/aromatic N) is 3. The van der Waals surface area contributed by atoms with Crippen LogP contribution in [0, 0.1) is 0 Å². The van der Waals surface area contributed by atoms with Crippen molar-refractivity contribution < 1.29 is 4.79 Å². The molecule has 1 amide bonds. The zero-order chi connectivity index (χ0) is 17.5. The number of fused-ring (bicyclic) bond motifs is 1. The van der Waals surface area contributed by atoms with Crippen LogP contribution in [0.5, 0.6) is 0 Å². The first-order valence-corrected chi connectivity index (χ1v) is 9.79. The number of aromatic nitrogens is 3. The van der Waals surface area contributed by atoms with E-state index in [-0.39, 0.29) is 11.9 Å². The van der Waals surface area contributed by atoms with Gasteiger partial charge in [0.1, 0.15) is 0 Å². The minimum atomic E-state index is -0.131. The summed E-state index contributed by atoms with van der Waals surface area (Å²) in [4.78, 5) is 12.4. The molecule has 0 aliphatic carbocycles. The summed E-state index contributed by atoms with van der Waals surface area (Å²) in [5.74, 6) is 1.78. The molecular weight excluding hydrogens is 332 g/mol. The molecule has 6 heteroatoms. The topological polar surface area (TPSA) is 59.3 Å². The molecule has 0 aliphatic heterocycles. The number of nitrogens with one attached hydrogen (secondary N) is 1. The maximum atomic E-state index is 12.4. The van der Waals surface area contributed by atoms with Gasteiger partial charge in [0.15, 0.2) is 11.5 Å². The average Bonchev–Trinajstić information content (AvgIpc) is 3.08. The fourth-order valence-electron chi connectivity index (χ4n) is 2.77. The van der Waals surface area contributed by atoms with Gasteiger partial charge in [-0.1, -0.05) is 36.4 Å². The molecule has 0 spiro atoms. The summed E-state index contributed by atoms with van der Waals surface area (Å²) in [7, 11) is 0. The van der Waals surface area contributed by atoms with Crippen LogP contribution in [0.2, 0.25) is 0 Å². The average molecular weight is 354 g/mol. The molecule has 0 aliphatic rings. The fourth-order valence-corrected chi connectivity index (χ4v) is 3.24. The van der Waals surface area contributed by atoms with Crippen molar-refractivity contribution in [3.63, 3.8) is 0 Å². The number of thioether (sulfide) groups is 1. The number of aryl methyl sites for hydroxylation is 1. The first-order chi connectivity index (χ1) is 12.3. The normalized spacial score (nSPS) is 12.2. The predicted molar refractivity (Wildman–Crippen MR) is 102 cm³/mol. The Morgan fingerprint density at radius 3 is 2.76 bits per heavy atom. The lowest BCUT2D eigenvalue weighted by Gasteiger charge is -2.17. The van der Waals surface area contributed by atoms with Gasteiger partial charge in [-0.3, -0.25) is 9.20 Å². The second-order valence-electron chi connectivity index (χ2n) is 5.87. The van der Waals surface area contributed by atoms with Crippen LogP contribution in [0.1, 0.15) is 30.3 Å². The van der Waals surface area contributed by atoms with Gasteiger partial charge in [0.05, 0.1) is 6.04 Å². The second kappa shape index (κ2) is 8.67. The highest BCUT2D eigenvalue weighted by atomic mass is 32.2. The summed E-state index contributed by atoms with van der Waals surface area (Å²) in [5.41, 5.74) is 1.97. The number of amides is 1. The molecule has 0 bridgehead atoms. The van der Waals surface area contributed by atoms with Crippen LogP contribution in [0.15, 0.2) is 54.7 Å². The van der Waals surface area contributed by atoms with Crippen molar-refractivity contribution in [3.05, 3.63) is 66.1 Å². The molecule has 0 saturated heterocycles. The van der Waals surface area contributed by atoms with Crippen LogP contribution in [-0.4, -0.2) is 32.5 Å². The van der Waals surface area contributed by atoms with E-state index in [4.69, 9.17) is 0 Å². The van der Waals surface area contributed by atoms with E-state index in [0.717, 1.165) is 30.1 Å². The molecule has 1 aromatic carbocycles. The Labute approximate surface area is 151 Å². The Morgan fingerprint density at radius 1 is 1.16 bits per heavy atom. The standard InChI is InChI=1S/C19H22N4OS/c1-25-14-12-16(19-22-21-17-9-5-6-13-23(17)19)20-18(24)11-10-15-7-3-2-4-8-15/h2-9,13,16H,10-12,14H2,1H3,(H,20,24)/t16-/m0/s1. The molecule has 2 heterocycles. The molecule has 3 aromatic rings. The first kappa shape index (κ1) is 17.5. The van der Waals surface area contributed by atoms with E-state index in [0.29, 0.717) is 6.42 Å². The third-order valence-electron chi connectivity index (χ3n) is 4.08. The highest BCUT2D eigenvalue weighted by Crippen LogP contribution is 2.18. The minimum Gasteiger partial charge on any atom is -0.346 e. The van der Waals surface area contributed by atoms with Gasteiger partial charge in [-0.05, 0) is 42.5 Å². The van der Waals surface area contributed by atoms with Crippen molar-refractivity contribution in [2.24, 2.45) is 0 Å². The Hall–Kier alpha value is -2.34. The fraction of sp³-hybridized carbons (Fsp3) is 0.316. The molecule has 5 nitrogen and oxygen atoms in total. The van der Waals surface area contributed by atoms with Crippen molar-refractivity contribution in [2.45, 2.75) is 25.3 Å². The number of rotatable bonds is 8. The highest BCUT2D eigenvalue weighted by molar-refractivity contribution is 7.98. The maximum absolute atomic E-state index is 12.4. The van der Waals surface area contributed by atoms with E-state index >= 15 is 0 Å². The number of carbonyl (C=O) groups excluding carboxylic acids is 1. The first-order valence-electron chi connectivity index (χ1n) is 8.40. The molecule has 0 radical (unpaired) electrons. The number of carbonyl (C=O) groups is 1. The van der Waals surface area contributed by atoms with E-state index in [9.17, 15) is 4.79 Å². The summed E-state index contributed by atoms with van der Waals surface area (Å²) in [6.07, 6.45) is 6.04. The Kier molecular flexibility index (Phi) is 6.06. The van der Waals surface area contributed by atoms with E-state index < -0.39 is 0 Å². The molecule has 25 heavy (non-hydrogen) atoms. The third kappa shape index (κ3) is 4.60. The molecule has 1 N–H and O–H groups in total. The number of hydrogen-bond acceptors (Lipinski definition) is 4. The molecule has 3 rings (SSSR count). The number of hydrogen-bond donors (Lipinski definition) is 1. The Balaban J connectivity index is 1.69. The summed E-state index contributed by atoms with van der Waals surface area (Å²) in [6, 6.07) is 15.7. The van der Waals surface area contributed by atoms with Gasteiger partial charge in [-0.2, -0.15) is 11.8 Å². The Bertz CT molecular complexity index is 818. The van der Waals surface area contributed by atoms with Gasteiger partial charge in [-0.15, -0.1) is 10.2 Å². The van der Waals surface area contributed by atoms with Gasteiger partial charge in [0, 0.05) is 12.6 Å². The van der Waals surface area contributed by atoms with Crippen molar-refractivity contribution in [3.8, 4) is 0 Å². The van der Waals surface area contributed by atoms with E-state index in [2.05, 4.69) is 21.8 Å². The minimum absolute atomic E-state index is 0.0441. The molecular formula is C19H22N4OS. The van der Waals surface area contributed by atoms with Gasteiger partial charge in [0.2, 0.25) is 5.91 Å². The van der Waals surface area contributed by atoms with E-state index in [1.165, 1.54) is 5.56 Å². The zero-order valence-electron chi connectivity index (χ0n) is 14.3. The van der Waals surface area contributed by atoms with Crippen molar-refractivity contribution in [2.75, 3.05) is 12.0 Å². The molecule has 1 atom stereocenters. The molecule has 0 unspecified atom stereocenters. The Morgan fingerprint density at radius 2 is 1.96 bits per heavy atom. The zero-order valence-corrected chi connectivity index (χ0v) is 15.1. The number of pyridine rings is 1. The molecule has 130 valence electrons. The van der Waals surface area contributed by atoms with Gasteiger partial charge < -0.3 is 5.32 Å². The van der Waals surface area contributed by atoms with Crippen LogP contribution in [0.3, 0.4) is 0 Å². The highest BCUT2D eigenvalue weighted by Gasteiger charge is 2.19. The lowest BCUT2D eigenvalue weighted by Crippen LogP contribution is -2.30. The SMILES string of the molecule is CSCC[C@H](NC(=O)CCc1ccccc1)c1nnc2ccccn12. The van der Waals surface area contributed by atoms with Gasteiger partial charge in [0.25, 0.3) is 0 Å². The second-order valence-corrected chi connectivity index (χ2v) is 6.86. The smallest absolute Gasteiger partial charge is 0.220 e. The summed E-state index contributed by atoms with van der Waals surface area (Å²) >= 11 is 1.76. The molecule has 0 saturated carbocycles. The van der Waals surface area contributed by atoms with Crippen LogP contribution in [-0.2, 0) is 11.2 Å².